The van der Waals surface area contributed by atoms with Gasteiger partial charge in [-0.2, -0.15) is 0 Å². The SMILES string of the molecule is O=C1C=Cc2ccccc2/C1=C/c1c(O)n(-c2ccccc2)[nH]c1=O. The van der Waals surface area contributed by atoms with Crippen LogP contribution < -0.4 is 5.56 Å². The van der Waals surface area contributed by atoms with Crippen molar-refractivity contribution in [1.29, 1.82) is 0 Å². The number of nitrogens with zero attached hydrogens (tertiary/aromatic N) is 1. The van der Waals surface area contributed by atoms with Crippen LogP contribution in [0.1, 0.15) is 16.7 Å². The molecule has 1 aliphatic carbocycles. The predicted octanol–water partition coefficient (Wildman–Crippen LogP) is 3.01. The lowest BCUT2D eigenvalue weighted by molar-refractivity contribution is -0.109. The van der Waals surface area contributed by atoms with Gasteiger partial charge in [-0.3, -0.25) is 14.7 Å². The van der Waals surface area contributed by atoms with Crippen molar-refractivity contribution in [3.8, 4) is 11.6 Å². The van der Waals surface area contributed by atoms with E-state index < -0.39 is 5.56 Å². The smallest absolute Gasteiger partial charge is 0.275 e. The number of carbonyl (C=O) groups is 1. The molecule has 0 amide bonds. The van der Waals surface area contributed by atoms with Gasteiger partial charge < -0.3 is 5.11 Å². The molecule has 0 atom stereocenters. The number of nitrogens with one attached hydrogen (secondary N) is 1. The zero-order valence-corrected chi connectivity index (χ0v) is 13.1. The lowest BCUT2D eigenvalue weighted by Gasteiger charge is -2.12. The zero-order valence-electron chi connectivity index (χ0n) is 13.1. The standard InChI is InChI=1S/C20H14N2O3/c23-18-11-10-13-6-4-5-9-15(13)16(18)12-17-19(24)21-22(20(17)25)14-7-2-1-3-8-14/h1-12,25H,(H,21,24)/b16-12-. The zero-order chi connectivity index (χ0) is 17.4. The summed E-state index contributed by atoms with van der Waals surface area (Å²) in [5, 5.41) is 13.1. The average molecular weight is 330 g/mol. The molecule has 122 valence electrons. The highest BCUT2D eigenvalue weighted by molar-refractivity contribution is 6.33. The van der Waals surface area contributed by atoms with E-state index in [0.717, 1.165) is 11.1 Å². The van der Waals surface area contributed by atoms with Gasteiger partial charge in [0, 0.05) is 5.57 Å². The largest absolute Gasteiger partial charge is 0.493 e. The van der Waals surface area contributed by atoms with Crippen LogP contribution in [0.25, 0.3) is 23.4 Å². The van der Waals surface area contributed by atoms with E-state index in [4.69, 9.17) is 0 Å². The maximum absolute atomic E-state index is 12.3. The Balaban J connectivity index is 1.88. The summed E-state index contributed by atoms with van der Waals surface area (Å²) in [7, 11) is 0. The van der Waals surface area contributed by atoms with Crippen molar-refractivity contribution in [2.24, 2.45) is 0 Å². The maximum Gasteiger partial charge on any atom is 0.275 e. The second-order valence-electron chi connectivity index (χ2n) is 5.69. The van der Waals surface area contributed by atoms with E-state index in [1.165, 1.54) is 16.8 Å². The van der Waals surface area contributed by atoms with E-state index in [1.54, 1.807) is 30.3 Å². The molecule has 0 saturated heterocycles. The Kier molecular flexibility index (Phi) is 3.47. The average Bonchev–Trinajstić information content (AvgIpc) is 2.93. The number of aromatic amines is 1. The number of rotatable bonds is 2. The van der Waals surface area contributed by atoms with Crippen LogP contribution in [-0.4, -0.2) is 20.7 Å². The van der Waals surface area contributed by atoms with Crippen LogP contribution in [-0.2, 0) is 4.79 Å². The van der Waals surface area contributed by atoms with E-state index in [-0.39, 0.29) is 17.2 Å². The number of aromatic hydroxyl groups is 1. The van der Waals surface area contributed by atoms with E-state index in [1.807, 2.05) is 30.3 Å². The third-order valence-electron chi connectivity index (χ3n) is 4.14. The van der Waals surface area contributed by atoms with Gasteiger partial charge in [0.15, 0.2) is 5.78 Å². The van der Waals surface area contributed by atoms with Crippen molar-refractivity contribution in [2.45, 2.75) is 0 Å². The van der Waals surface area contributed by atoms with Crippen molar-refractivity contribution in [1.82, 2.24) is 9.78 Å². The third kappa shape index (κ3) is 2.52. The molecule has 0 aliphatic heterocycles. The maximum atomic E-state index is 12.3. The first-order valence-electron chi connectivity index (χ1n) is 7.78. The van der Waals surface area contributed by atoms with Crippen LogP contribution in [0, 0.1) is 0 Å². The molecular formula is C20H14N2O3. The van der Waals surface area contributed by atoms with Gasteiger partial charge in [-0.1, -0.05) is 48.5 Å². The molecule has 0 spiro atoms. The minimum absolute atomic E-state index is 0.0531. The number of para-hydroxylation sites is 1. The Morgan fingerprint density at radius 2 is 1.64 bits per heavy atom. The van der Waals surface area contributed by atoms with Crippen molar-refractivity contribution >= 4 is 23.5 Å². The molecule has 0 bridgehead atoms. The van der Waals surface area contributed by atoms with E-state index in [9.17, 15) is 14.7 Å². The molecule has 1 heterocycles. The normalized spacial score (nSPS) is 14.7. The minimum Gasteiger partial charge on any atom is -0.493 e. The van der Waals surface area contributed by atoms with Crippen LogP contribution in [0.4, 0.5) is 0 Å². The number of fused-ring (bicyclic) bond motifs is 1. The lowest BCUT2D eigenvalue weighted by Crippen LogP contribution is -2.08. The van der Waals surface area contributed by atoms with Gasteiger partial charge in [-0.15, -0.1) is 0 Å². The van der Waals surface area contributed by atoms with Gasteiger partial charge in [0.05, 0.1) is 5.69 Å². The molecule has 5 heteroatoms. The summed E-state index contributed by atoms with van der Waals surface area (Å²) in [4.78, 5) is 24.6. The number of hydrogen-bond acceptors (Lipinski definition) is 3. The first-order chi connectivity index (χ1) is 12.1. The number of aromatic nitrogens is 2. The molecule has 0 saturated carbocycles. The summed E-state index contributed by atoms with van der Waals surface area (Å²) in [5.41, 5.74) is 2.22. The minimum atomic E-state index is -0.464. The molecule has 4 rings (SSSR count). The number of ketones is 1. The van der Waals surface area contributed by atoms with Gasteiger partial charge in [0.2, 0.25) is 5.88 Å². The van der Waals surface area contributed by atoms with Gasteiger partial charge in [-0.05, 0) is 35.4 Å². The van der Waals surface area contributed by atoms with Crippen LogP contribution in [0.2, 0.25) is 0 Å². The number of allylic oxidation sites excluding steroid dienone is 2. The van der Waals surface area contributed by atoms with Crippen molar-refractivity contribution in [3.63, 3.8) is 0 Å². The number of carbonyl (C=O) groups excluding carboxylic acids is 1. The quantitative estimate of drug-likeness (QED) is 0.709. The summed E-state index contributed by atoms with van der Waals surface area (Å²) in [6.45, 7) is 0. The molecule has 0 fully saturated rings. The predicted molar refractivity (Wildman–Crippen MR) is 96.4 cm³/mol. The highest BCUT2D eigenvalue weighted by atomic mass is 16.3. The Morgan fingerprint density at radius 3 is 2.44 bits per heavy atom. The van der Waals surface area contributed by atoms with Gasteiger partial charge in [0.25, 0.3) is 5.56 Å². The molecule has 0 radical (unpaired) electrons. The number of hydrogen-bond donors (Lipinski definition) is 2. The summed E-state index contributed by atoms with van der Waals surface area (Å²) < 4.78 is 1.30. The van der Waals surface area contributed by atoms with E-state index >= 15 is 0 Å². The summed E-state index contributed by atoms with van der Waals surface area (Å²) >= 11 is 0. The van der Waals surface area contributed by atoms with E-state index in [2.05, 4.69) is 5.10 Å². The topological polar surface area (TPSA) is 75.1 Å². The Labute approximate surface area is 143 Å². The Bertz CT molecular complexity index is 1090. The Hall–Kier alpha value is -3.60. The van der Waals surface area contributed by atoms with E-state index in [0.29, 0.717) is 11.3 Å². The van der Waals surface area contributed by atoms with Crippen molar-refractivity contribution < 1.29 is 9.90 Å². The third-order valence-corrected chi connectivity index (χ3v) is 4.14. The van der Waals surface area contributed by atoms with Gasteiger partial charge in [-0.25, -0.2) is 4.68 Å². The molecule has 2 aromatic carbocycles. The van der Waals surface area contributed by atoms with Crippen molar-refractivity contribution in [3.05, 3.63) is 87.7 Å². The fourth-order valence-corrected chi connectivity index (χ4v) is 2.90. The van der Waals surface area contributed by atoms with Crippen LogP contribution in [0.5, 0.6) is 5.88 Å². The molecule has 3 aromatic rings. The Morgan fingerprint density at radius 1 is 0.920 bits per heavy atom. The van der Waals surface area contributed by atoms with Crippen molar-refractivity contribution in [2.75, 3.05) is 0 Å². The van der Waals surface area contributed by atoms with Gasteiger partial charge >= 0.3 is 0 Å². The monoisotopic (exact) mass is 330 g/mol. The number of H-pyrrole nitrogens is 1. The van der Waals surface area contributed by atoms with Crippen LogP contribution in [0.3, 0.4) is 0 Å². The van der Waals surface area contributed by atoms with Crippen LogP contribution in [0.15, 0.2) is 65.5 Å². The fourth-order valence-electron chi connectivity index (χ4n) is 2.90. The first-order valence-corrected chi connectivity index (χ1v) is 7.78. The second-order valence-corrected chi connectivity index (χ2v) is 5.69. The van der Waals surface area contributed by atoms with Gasteiger partial charge in [0.1, 0.15) is 5.56 Å². The summed E-state index contributed by atoms with van der Waals surface area (Å²) in [6, 6.07) is 16.4. The molecule has 0 unspecified atom stereocenters. The molecule has 1 aliphatic rings. The van der Waals surface area contributed by atoms with Crippen LogP contribution >= 0.6 is 0 Å². The summed E-state index contributed by atoms with van der Waals surface area (Å²) in [6.07, 6.45) is 4.65. The molecule has 25 heavy (non-hydrogen) atoms. The fraction of sp³-hybridized carbons (Fsp3) is 0. The first kappa shape index (κ1) is 15.0. The highest BCUT2D eigenvalue weighted by Gasteiger charge is 2.20. The number of benzene rings is 2. The highest BCUT2D eigenvalue weighted by Crippen LogP contribution is 2.30. The molecule has 2 N–H and O–H groups in total. The second kappa shape index (κ2) is 5.79. The lowest BCUT2D eigenvalue weighted by atomic mass is 9.90. The molecular weight excluding hydrogens is 316 g/mol. The molecule has 5 nitrogen and oxygen atoms in total. The molecule has 1 aromatic heterocycles. The summed E-state index contributed by atoms with van der Waals surface area (Å²) in [5.74, 6) is -0.437.